The average molecular weight is 327 g/mol. The van der Waals surface area contributed by atoms with Gasteiger partial charge >= 0.3 is 12.0 Å². The van der Waals surface area contributed by atoms with Crippen molar-refractivity contribution < 1.29 is 19.1 Å². The first-order chi connectivity index (χ1) is 10.4. The Morgan fingerprint density at radius 2 is 1.86 bits per heavy atom. The van der Waals surface area contributed by atoms with E-state index in [4.69, 9.17) is 16.3 Å². The van der Waals surface area contributed by atoms with Crippen LogP contribution in [0, 0.1) is 0 Å². The van der Waals surface area contributed by atoms with Crippen LogP contribution < -0.4 is 10.6 Å². The zero-order valence-electron chi connectivity index (χ0n) is 12.5. The van der Waals surface area contributed by atoms with Gasteiger partial charge in [-0.15, -0.1) is 0 Å². The van der Waals surface area contributed by atoms with Gasteiger partial charge in [-0.1, -0.05) is 30.7 Å². The van der Waals surface area contributed by atoms with E-state index in [0.717, 1.165) is 12.0 Å². The molecule has 0 unspecified atom stereocenters. The maximum Gasteiger partial charge on any atom is 0.321 e. The highest BCUT2D eigenvalue weighted by Crippen LogP contribution is 2.10. The lowest BCUT2D eigenvalue weighted by atomic mass is 10.1. The van der Waals surface area contributed by atoms with Crippen LogP contribution in [0.15, 0.2) is 24.3 Å². The van der Waals surface area contributed by atoms with E-state index in [1.165, 1.54) is 0 Å². The van der Waals surface area contributed by atoms with Gasteiger partial charge in [0.15, 0.2) is 6.61 Å². The minimum Gasteiger partial charge on any atom is -0.455 e. The zero-order valence-corrected chi connectivity index (χ0v) is 13.3. The first kappa shape index (κ1) is 18.0. The molecule has 0 radical (unpaired) electrons. The van der Waals surface area contributed by atoms with Gasteiger partial charge in [0, 0.05) is 11.1 Å². The SMILES string of the molecule is CC[C@H](C)NC(=O)NC(=O)COC(=O)Cc1ccc(Cl)cc1. The second-order valence-electron chi connectivity index (χ2n) is 4.79. The van der Waals surface area contributed by atoms with Gasteiger partial charge in [0.05, 0.1) is 6.42 Å². The number of hydrogen-bond donors (Lipinski definition) is 2. The molecule has 1 aromatic rings. The molecule has 7 heteroatoms. The summed E-state index contributed by atoms with van der Waals surface area (Å²) in [6.45, 7) is 3.22. The highest BCUT2D eigenvalue weighted by atomic mass is 35.5. The average Bonchev–Trinajstić information content (AvgIpc) is 2.47. The van der Waals surface area contributed by atoms with Crippen molar-refractivity contribution in [1.29, 1.82) is 0 Å². The lowest BCUT2D eigenvalue weighted by Crippen LogP contribution is -2.44. The fraction of sp³-hybridized carbons (Fsp3) is 0.400. The monoisotopic (exact) mass is 326 g/mol. The Hall–Kier alpha value is -2.08. The minimum atomic E-state index is -0.676. The summed E-state index contributed by atoms with van der Waals surface area (Å²) in [6, 6.07) is 6.08. The van der Waals surface area contributed by atoms with Crippen molar-refractivity contribution in [2.45, 2.75) is 32.7 Å². The molecular formula is C15H19ClN2O4. The Morgan fingerprint density at radius 3 is 2.45 bits per heavy atom. The third-order valence-electron chi connectivity index (χ3n) is 2.87. The number of amides is 3. The number of benzene rings is 1. The summed E-state index contributed by atoms with van der Waals surface area (Å²) < 4.78 is 4.81. The number of carbonyl (C=O) groups excluding carboxylic acids is 3. The molecule has 0 saturated heterocycles. The number of carbonyl (C=O) groups is 3. The first-order valence-corrected chi connectivity index (χ1v) is 7.29. The molecule has 120 valence electrons. The molecule has 0 spiro atoms. The highest BCUT2D eigenvalue weighted by Gasteiger charge is 2.12. The Kier molecular flexibility index (Phi) is 7.39. The van der Waals surface area contributed by atoms with Gasteiger partial charge in [-0.3, -0.25) is 14.9 Å². The third-order valence-corrected chi connectivity index (χ3v) is 3.12. The van der Waals surface area contributed by atoms with E-state index >= 15 is 0 Å². The molecule has 6 nitrogen and oxygen atoms in total. The van der Waals surface area contributed by atoms with E-state index in [-0.39, 0.29) is 12.5 Å². The van der Waals surface area contributed by atoms with Crippen molar-refractivity contribution in [3.63, 3.8) is 0 Å². The molecule has 2 N–H and O–H groups in total. The summed E-state index contributed by atoms with van der Waals surface area (Å²) in [5.41, 5.74) is 0.726. The Labute approximate surface area is 134 Å². The van der Waals surface area contributed by atoms with Crippen molar-refractivity contribution in [3.8, 4) is 0 Å². The molecule has 0 saturated carbocycles. The van der Waals surface area contributed by atoms with Crippen LogP contribution in [0.3, 0.4) is 0 Å². The molecule has 3 amide bonds. The van der Waals surface area contributed by atoms with Crippen LogP contribution in [0.25, 0.3) is 0 Å². The fourth-order valence-corrected chi connectivity index (χ4v) is 1.62. The molecule has 0 aliphatic carbocycles. The predicted octanol–water partition coefficient (Wildman–Crippen LogP) is 2.05. The number of nitrogens with one attached hydrogen (secondary N) is 2. The molecular weight excluding hydrogens is 308 g/mol. The van der Waals surface area contributed by atoms with Crippen molar-refractivity contribution in [2.24, 2.45) is 0 Å². The van der Waals surface area contributed by atoms with Crippen LogP contribution in [0.4, 0.5) is 4.79 Å². The second kappa shape index (κ2) is 9.04. The van der Waals surface area contributed by atoms with Gasteiger partial charge < -0.3 is 10.1 Å². The Bertz CT molecular complexity index is 531. The molecule has 0 fully saturated rings. The normalized spacial score (nSPS) is 11.4. The van der Waals surface area contributed by atoms with Crippen LogP contribution in [-0.2, 0) is 20.7 Å². The molecule has 0 bridgehead atoms. The molecule has 22 heavy (non-hydrogen) atoms. The second-order valence-corrected chi connectivity index (χ2v) is 5.23. The molecule has 0 aliphatic heterocycles. The van der Waals surface area contributed by atoms with Crippen molar-refractivity contribution in [2.75, 3.05) is 6.61 Å². The Morgan fingerprint density at radius 1 is 1.23 bits per heavy atom. The van der Waals surface area contributed by atoms with Crippen molar-refractivity contribution in [1.82, 2.24) is 10.6 Å². The van der Waals surface area contributed by atoms with Crippen LogP contribution >= 0.6 is 11.6 Å². The quantitative estimate of drug-likeness (QED) is 0.784. The number of hydrogen-bond acceptors (Lipinski definition) is 4. The third kappa shape index (κ3) is 7.08. The van der Waals surface area contributed by atoms with Crippen LogP contribution in [-0.4, -0.2) is 30.6 Å². The van der Waals surface area contributed by atoms with Crippen LogP contribution in [0.5, 0.6) is 0 Å². The summed E-state index contributed by atoms with van der Waals surface area (Å²) in [7, 11) is 0. The summed E-state index contributed by atoms with van der Waals surface area (Å²) in [6.07, 6.45) is 0.779. The Balaban J connectivity index is 2.30. The van der Waals surface area contributed by atoms with Crippen LogP contribution in [0.2, 0.25) is 5.02 Å². The molecule has 0 aromatic heterocycles. The maximum absolute atomic E-state index is 11.6. The largest absolute Gasteiger partial charge is 0.455 e. The van der Waals surface area contributed by atoms with Gasteiger partial charge in [0.1, 0.15) is 0 Å². The standard InChI is InChI=1S/C15H19ClN2O4/c1-3-10(2)17-15(21)18-13(19)9-22-14(20)8-11-4-6-12(16)7-5-11/h4-7,10H,3,8-9H2,1-2H3,(H2,17,18,19,21)/t10-/m0/s1. The zero-order chi connectivity index (χ0) is 16.5. The number of halogens is 1. The highest BCUT2D eigenvalue weighted by molar-refractivity contribution is 6.30. The summed E-state index contributed by atoms with van der Waals surface area (Å²) >= 11 is 5.74. The molecule has 0 aliphatic rings. The predicted molar refractivity (Wildman–Crippen MR) is 82.5 cm³/mol. The smallest absolute Gasteiger partial charge is 0.321 e. The van der Waals surface area contributed by atoms with Crippen molar-refractivity contribution in [3.05, 3.63) is 34.9 Å². The van der Waals surface area contributed by atoms with E-state index in [1.807, 2.05) is 13.8 Å². The maximum atomic E-state index is 11.6. The lowest BCUT2D eigenvalue weighted by Gasteiger charge is -2.11. The lowest BCUT2D eigenvalue weighted by molar-refractivity contribution is -0.147. The number of ether oxygens (including phenoxy) is 1. The topological polar surface area (TPSA) is 84.5 Å². The number of rotatable bonds is 6. The summed E-state index contributed by atoms with van der Waals surface area (Å²) in [4.78, 5) is 34.4. The first-order valence-electron chi connectivity index (χ1n) is 6.91. The number of esters is 1. The van der Waals surface area contributed by atoms with E-state index < -0.39 is 24.5 Å². The summed E-state index contributed by atoms with van der Waals surface area (Å²) in [5.74, 6) is -1.23. The van der Waals surface area contributed by atoms with Gasteiger partial charge in [0.25, 0.3) is 5.91 Å². The van der Waals surface area contributed by atoms with Gasteiger partial charge in [-0.25, -0.2) is 4.79 Å². The molecule has 1 aromatic carbocycles. The molecule has 1 rings (SSSR count). The van der Waals surface area contributed by atoms with E-state index in [9.17, 15) is 14.4 Å². The summed E-state index contributed by atoms with van der Waals surface area (Å²) in [5, 5.41) is 5.23. The van der Waals surface area contributed by atoms with Gasteiger partial charge in [-0.05, 0) is 31.0 Å². The number of urea groups is 1. The minimum absolute atomic E-state index is 0.0313. The number of imide groups is 1. The molecule has 0 heterocycles. The van der Waals surface area contributed by atoms with Crippen molar-refractivity contribution >= 4 is 29.5 Å². The van der Waals surface area contributed by atoms with Crippen LogP contribution in [0.1, 0.15) is 25.8 Å². The van der Waals surface area contributed by atoms with Gasteiger partial charge in [-0.2, -0.15) is 0 Å². The molecule has 1 atom stereocenters. The fourth-order valence-electron chi connectivity index (χ4n) is 1.49. The van der Waals surface area contributed by atoms with Gasteiger partial charge in [0.2, 0.25) is 0 Å². The van der Waals surface area contributed by atoms with E-state index in [0.29, 0.717) is 5.02 Å². The van der Waals surface area contributed by atoms with E-state index in [1.54, 1.807) is 24.3 Å². The van der Waals surface area contributed by atoms with E-state index in [2.05, 4.69) is 10.6 Å².